The summed E-state index contributed by atoms with van der Waals surface area (Å²) in [5, 5.41) is 6.18. The molecule has 1 N–H and O–H groups in total. The number of benzene rings is 1. The molecule has 1 aromatic carbocycles. The molecule has 0 unspecified atom stereocenters. The number of halogens is 3. The van der Waals surface area contributed by atoms with Crippen molar-refractivity contribution in [2.45, 2.75) is 25.6 Å². The Balaban J connectivity index is 2.25. The van der Waals surface area contributed by atoms with E-state index >= 15 is 0 Å². The Morgan fingerprint density at radius 2 is 1.79 bits per heavy atom. The van der Waals surface area contributed by atoms with E-state index in [1.165, 1.54) is 26.0 Å². The van der Waals surface area contributed by atoms with Crippen LogP contribution in [0.2, 0.25) is 0 Å². The fourth-order valence-corrected chi connectivity index (χ4v) is 1.42. The van der Waals surface area contributed by atoms with E-state index in [-0.39, 0.29) is 5.84 Å². The van der Waals surface area contributed by atoms with Crippen molar-refractivity contribution in [3.63, 3.8) is 0 Å². The summed E-state index contributed by atoms with van der Waals surface area (Å²) >= 11 is 0. The van der Waals surface area contributed by atoms with Crippen LogP contribution in [0.15, 0.2) is 29.4 Å². The van der Waals surface area contributed by atoms with Crippen molar-refractivity contribution < 1.29 is 22.8 Å². The third-order valence-electron chi connectivity index (χ3n) is 2.63. The van der Waals surface area contributed by atoms with E-state index in [1.54, 1.807) is 0 Å². The predicted molar refractivity (Wildman–Crippen MR) is 61.3 cm³/mol. The number of carbonyl (C=O) groups is 1. The van der Waals surface area contributed by atoms with Crippen molar-refractivity contribution in [2.75, 3.05) is 0 Å². The molecule has 1 aromatic rings. The van der Waals surface area contributed by atoms with Gasteiger partial charge in [0, 0.05) is 5.56 Å². The first-order chi connectivity index (χ1) is 8.70. The van der Waals surface area contributed by atoms with Gasteiger partial charge in [-0.2, -0.15) is 13.2 Å². The first-order valence-electron chi connectivity index (χ1n) is 5.45. The van der Waals surface area contributed by atoms with Gasteiger partial charge in [0.1, 0.15) is 0 Å². The molecule has 1 amide bonds. The molecule has 1 aliphatic rings. The van der Waals surface area contributed by atoms with Crippen LogP contribution in [-0.2, 0) is 15.8 Å². The summed E-state index contributed by atoms with van der Waals surface area (Å²) in [6, 6.07) is 4.29. The number of oxime groups is 1. The van der Waals surface area contributed by atoms with Crippen LogP contribution in [0.3, 0.4) is 0 Å². The monoisotopic (exact) mass is 272 g/mol. The Kier molecular flexibility index (Phi) is 3.00. The van der Waals surface area contributed by atoms with Crippen molar-refractivity contribution >= 4 is 11.7 Å². The molecule has 0 spiro atoms. The number of nitrogens with one attached hydrogen (secondary N) is 1. The second kappa shape index (κ2) is 4.25. The molecule has 0 fully saturated rings. The molecule has 1 heterocycles. The summed E-state index contributed by atoms with van der Waals surface area (Å²) in [6.07, 6.45) is -4.39. The van der Waals surface area contributed by atoms with Gasteiger partial charge in [0.25, 0.3) is 5.91 Å². The summed E-state index contributed by atoms with van der Waals surface area (Å²) in [6.45, 7) is 3.07. The highest BCUT2D eigenvalue weighted by molar-refractivity contribution is 6.10. The molecule has 0 bridgehead atoms. The molecule has 19 heavy (non-hydrogen) atoms. The molecule has 102 valence electrons. The van der Waals surface area contributed by atoms with E-state index in [0.717, 1.165) is 12.1 Å². The number of amides is 1. The maximum absolute atomic E-state index is 12.4. The maximum Gasteiger partial charge on any atom is 0.416 e. The topological polar surface area (TPSA) is 50.7 Å². The highest BCUT2D eigenvalue weighted by atomic mass is 19.4. The van der Waals surface area contributed by atoms with Crippen molar-refractivity contribution in [3.05, 3.63) is 35.4 Å². The SMILES string of the molecule is CC1(C)ON=C(c2ccc(C(F)(F)F)cc2)NC1=O. The van der Waals surface area contributed by atoms with Crippen molar-refractivity contribution in [1.82, 2.24) is 5.32 Å². The molecule has 2 rings (SSSR count). The van der Waals surface area contributed by atoms with E-state index in [4.69, 9.17) is 4.84 Å². The number of alkyl halides is 3. The molecular formula is C12H11F3N2O2. The van der Waals surface area contributed by atoms with E-state index in [1.807, 2.05) is 0 Å². The van der Waals surface area contributed by atoms with Crippen LogP contribution in [0.5, 0.6) is 0 Å². The van der Waals surface area contributed by atoms with E-state index < -0.39 is 23.2 Å². The average molecular weight is 272 g/mol. The van der Waals surface area contributed by atoms with Gasteiger partial charge in [0.05, 0.1) is 5.56 Å². The highest BCUT2D eigenvalue weighted by Gasteiger charge is 2.35. The minimum Gasteiger partial charge on any atom is -0.378 e. The zero-order valence-corrected chi connectivity index (χ0v) is 10.2. The minimum atomic E-state index is -4.39. The summed E-state index contributed by atoms with van der Waals surface area (Å²) in [5.74, 6) is -0.310. The Morgan fingerprint density at radius 1 is 1.21 bits per heavy atom. The average Bonchev–Trinajstić information content (AvgIpc) is 2.32. The van der Waals surface area contributed by atoms with Crippen LogP contribution in [0, 0.1) is 0 Å². The number of amidine groups is 1. The summed E-state index contributed by atoms with van der Waals surface area (Å²) in [5.41, 5.74) is -1.51. The molecular weight excluding hydrogens is 261 g/mol. The van der Waals surface area contributed by atoms with Crippen molar-refractivity contribution in [3.8, 4) is 0 Å². The number of hydrogen-bond acceptors (Lipinski definition) is 3. The Bertz CT molecular complexity index is 533. The summed E-state index contributed by atoms with van der Waals surface area (Å²) in [4.78, 5) is 16.6. The lowest BCUT2D eigenvalue weighted by Gasteiger charge is -2.26. The molecule has 4 nitrogen and oxygen atoms in total. The normalized spacial score (nSPS) is 18.4. The van der Waals surface area contributed by atoms with Gasteiger partial charge in [-0.05, 0) is 26.0 Å². The molecule has 0 aliphatic carbocycles. The standard InChI is InChI=1S/C12H11F3N2O2/c1-11(2)10(18)16-9(17-19-11)7-3-5-8(6-4-7)12(13,14)15/h3-6H,1-2H3,(H,16,17,18). The quantitative estimate of drug-likeness (QED) is 0.852. The Morgan fingerprint density at radius 3 is 2.26 bits per heavy atom. The van der Waals surface area contributed by atoms with Crippen molar-refractivity contribution in [1.29, 1.82) is 0 Å². The molecule has 0 saturated carbocycles. The van der Waals surface area contributed by atoms with Gasteiger partial charge in [0.2, 0.25) is 5.60 Å². The lowest BCUT2D eigenvalue weighted by Crippen LogP contribution is -2.50. The smallest absolute Gasteiger partial charge is 0.378 e. The first-order valence-corrected chi connectivity index (χ1v) is 5.45. The van der Waals surface area contributed by atoms with Gasteiger partial charge in [0.15, 0.2) is 5.84 Å². The van der Waals surface area contributed by atoms with Crippen LogP contribution in [0.4, 0.5) is 13.2 Å². The van der Waals surface area contributed by atoms with E-state index in [0.29, 0.717) is 5.56 Å². The van der Waals surface area contributed by atoms with Gasteiger partial charge in [-0.25, -0.2) is 0 Å². The number of nitrogens with zero attached hydrogens (tertiary/aromatic N) is 1. The third-order valence-corrected chi connectivity index (χ3v) is 2.63. The molecule has 1 aliphatic heterocycles. The highest BCUT2D eigenvalue weighted by Crippen LogP contribution is 2.29. The molecule has 0 saturated heterocycles. The van der Waals surface area contributed by atoms with Crippen LogP contribution in [0.25, 0.3) is 0 Å². The number of carbonyl (C=O) groups excluding carboxylic acids is 1. The second-order valence-electron chi connectivity index (χ2n) is 4.57. The Labute approximate surface area is 107 Å². The summed E-state index contributed by atoms with van der Waals surface area (Å²) < 4.78 is 37.2. The van der Waals surface area contributed by atoms with Crippen LogP contribution in [-0.4, -0.2) is 17.3 Å². The van der Waals surface area contributed by atoms with Gasteiger partial charge in [-0.15, -0.1) is 0 Å². The summed E-state index contributed by atoms with van der Waals surface area (Å²) in [7, 11) is 0. The van der Waals surface area contributed by atoms with Gasteiger partial charge in [-0.1, -0.05) is 17.3 Å². The van der Waals surface area contributed by atoms with Crippen LogP contribution in [0.1, 0.15) is 25.0 Å². The Hall–Kier alpha value is -2.05. The van der Waals surface area contributed by atoms with Gasteiger partial charge < -0.3 is 10.2 Å². The zero-order chi connectivity index (χ0) is 14.3. The lowest BCUT2D eigenvalue weighted by molar-refractivity contribution is -0.143. The van der Waals surface area contributed by atoms with Crippen LogP contribution >= 0.6 is 0 Å². The predicted octanol–water partition coefficient (Wildman–Crippen LogP) is 2.29. The molecule has 7 heteroatoms. The van der Waals surface area contributed by atoms with Gasteiger partial charge >= 0.3 is 6.18 Å². The first kappa shape index (κ1) is 13.4. The fourth-order valence-electron chi connectivity index (χ4n) is 1.42. The molecule has 0 aromatic heterocycles. The lowest BCUT2D eigenvalue weighted by atomic mass is 10.1. The second-order valence-corrected chi connectivity index (χ2v) is 4.57. The van der Waals surface area contributed by atoms with Gasteiger partial charge in [-0.3, -0.25) is 4.79 Å². The van der Waals surface area contributed by atoms with E-state index in [9.17, 15) is 18.0 Å². The largest absolute Gasteiger partial charge is 0.416 e. The molecule has 0 radical (unpaired) electrons. The maximum atomic E-state index is 12.4. The minimum absolute atomic E-state index is 0.0954. The molecule has 0 atom stereocenters. The van der Waals surface area contributed by atoms with E-state index in [2.05, 4.69) is 10.5 Å². The number of hydrogen-bond donors (Lipinski definition) is 1. The number of rotatable bonds is 1. The zero-order valence-electron chi connectivity index (χ0n) is 10.2. The fraction of sp³-hybridized carbons (Fsp3) is 0.333. The van der Waals surface area contributed by atoms with Crippen LogP contribution < -0.4 is 5.32 Å². The third kappa shape index (κ3) is 2.69. The van der Waals surface area contributed by atoms with Crippen molar-refractivity contribution in [2.24, 2.45) is 5.16 Å².